The predicted octanol–water partition coefficient (Wildman–Crippen LogP) is 5.85. The van der Waals surface area contributed by atoms with Gasteiger partial charge in [-0.05, 0) is 72.9 Å². The lowest BCUT2D eigenvalue weighted by Crippen LogP contribution is -2.28. The molecule has 1 heterocycles. The SMILES string of the molecule is CCCCOC(=O)c1ccc(NC(=O)c2ccc(CN3CCCc4ccccc43)cc2)cc1. The first kappa shape index (κ1) is 22.6. The van der Waals surface area contributed by atoms with Crippen LogP contribution in [0, 0.1) is 0 Å². The number of anilines is 2. The highest BCUT2D eigenvalue weighted by atomic mass is 16.5. The van der Waals surface area contributed by atoms with E-state index in [2.05, 4.69) is 34.5 Å². The molecular formula is C28H30N2O3. The van der Waals surface area contributed by atoms with Gasteiger partial charge in [-0.1, -0.05) is 43.7 Å². The number of para-hydroxylation sites is 1. The largest absolute Gasteiger partial charge is 0.462 e. The topological polar surface area (TPSA) is 58.6 Å². The highest BCUT2D eigenvalue weighted by Crippen LogP contribution is 2.28. The van der Waals surface area contributed by atoms with Gasteiger partial charge in [0.15, 0.2) is 0 Å². The number of amides is 1. The Morgan fingerprint density at radius 1 is 0.939 bits per heavy atom. The summed E-state index contributed by atoms with van der Waals surface area (Å²) in [5, 5.41) is 2.89. The molecule has 0 fully saturated rings. The lowest BCUT2D eigenvalue weighted by molar-refractivity contribution is 0.0499. The highest BCUT2D eigenvalue weighted by molar-refractivity contribution is 6.04. The quantitative estimate of drug-likeness (QED) is 0.351. The van der Waals surface area contributed by atoms with Gasteiger partial charge < -0.3 is 15.0 Å². The molecule has 5 nitrogen and oxygen atoms in total. The lowest BCUT2D eigenvalue weighted by Gasteiger charge is -2.31. The molecule has 0 aliphatic carbocycles. The van der Waals surface area contributed by atoms with E-state index < -0.39 is 0 Å². The molecule has 3 aromatic carbocycles. The summed E-state index contributed by atoms with van der Waals surface area (Å²) in [5.41, 5.74) is 5.60. The van der Waals surface area contributed by atoms with Crippen molar-refractivity contribution >= 4 is 23.3 Å². The molecular weight excluding hydrogens is 412 g/mol. The van der Waals surface area contributed by atoms with Crippen molar-refractivity contribution in [1.82, 2.24) is 0 Å². The summed E-state index contributed by atoms with van der Waals surface area (Å²) in [6.07, 6.45) is 4.12. The second kappa shape index (κ2) is 10.8. The van der Waals surface area contributed by atoms with E-state index in [9.17, 15) is 9.59 Å². The first-order chi connectivity index (χ1) is 16.1. The predicted molar refractivity (Wildman–Crippen MR) is 132 cm³/mol. The summed E-state index contributed by atoms with van der Waals surface area (Å²) >= 11 is 0. The van der Waals surface area contributed by atoms with Crippen molar-refractivity contribution < 1.29 is 14.3 Å². The molecule has 1 amide bonds. The van der Waals surface area contributed by atoms with Gasteiger partial charge in [0, 0.05) is 30.0 Å². The number of fused-ring (bicyclic) bond motifs is 1. The molecule has 0 atom stereocenters. The van der Waals surface area contributed by atoms with E-state index in [0.717, 1.165) is 38.8 Å². The monoisotopic (exact) mass is 442 g/mol. The van der Waals surface area contributed by atoms with Crippen molar-refractivity contribution in [2.45, 2.75) is 39.2 Å². The van der Waals surface area contributed by atoms with E-state index in [1.54, 1.807) is 24.3 Å². The molecule has 0 aromatic heterocycles. The molecule has 170 valence electrons. The van der Waals surface area contributed by atoms with Gasteiger partial charge >= 0.3 is 5.97 Å². The lowest BCUT2D eigenvalue weighted by atomic mass is 10.0. The molecule has 0 spiro atoms. The minimum absolute atomic E-state index is 0.178. The Balaban J connectivity index is 1.34. The number of nitrogens with zero attached hydrogens (tertiary/aromatic N) is 1. The number of benzene rings is 3. The van der Waals surface area contributed by atoms with Crippen LogP contribution in [0.2, 0.25) is 0 Å². The number of carbonyl (C=O) groups excluding carboxylic acids is 2. The normalized spacial score (nSPS) is 12.7. The number of hydrogen-bond donors (Lipinski definition) is 1. The van der Waals surface area contributed by atoms with E-state index in [1.165, 1.54) is 16.8 Å². The maximum atomic E-state index is 12.7. The van der Waals surface area contributed by atoms with Gasteiger partial charge in [0.1, 0.15) is 0 Å². The van der Waals surface area contributed by atoms with Crippen LogP contribution in [0.3, 0.4) is 0 Å². The van der Waals surface area contributed by atoms with Gasteiger partial charge in [-0.15, -0.1) is 0 Å². The number of aryl methyl sites for hydroxylation is 1. The molecule has 0 bridgehead atoms. The van der Waals surface area contributed by atoms with Crippen LogP contribution in [-0.4, -0.2) is 25.0 Å². The first-order valence-electron chi connectivity index (χ1n) is 11.6. The molecule has 5 heteroatoms. The van der Waals surface area contributed by atoms with Gasteiger partial charge in [-0.25, -0.2) is 4.79 Å². The number of carbonyl (C=O) groups is 2. The van der Waals surface area contributed by atoms with Crippen molar-refractivity contribution in [1.29, 1.82) is 0 Å². The Hall–Kier alpha value is -3.60. The van der Waals surface area contributed by atoms with Crippen LogP contribution in [0.15, 0.2) is 72.8 Å². The fourth-order valence-electron chi connectivity index (χ4n) is 4.04. The van der Waals surface area contributed by atoms with E-state index in [4.69, 9.17) is 4.74 Å². The molecule has 0 unspecified atom stereocenters. The second-order valence-corrected chi connectivity index (χ2v) is 8.37. The maximum absolute atomic E-state index is 12.7. The highest BCUT2D eigenvalue weighted by Gasteiger charge is 2.16. The molecule has 1 N–H and O–H groups in total. The molecule has 1 aliphatic rings. The molecule has 0 saturated heterocycles. The molecule has 1 aliphatic heterocycles. The van der Waals surface area contributed by atoms with Gasteiger partial charge in [0.05, 0.1) is 12.2 Å². The maximum Gasteiger partial charge on any atom is 0.338 e. The Bertz CT molecular complexity index is 1090. The van der Waals surface area contributed by atoms with E-state index in [0.29, 0.717) is 23.4 Å². The van der Waals surface area contributed by atoms with Crippen molar-refractivity contribution in [2.24, 2.45) is 0 Å². The standard InChI is InChI=1S/C28H30N2O3/c1-2-3-19-33-28(32)24-14-16-25(17-15-24)29-27(31)23-12-10-21(11-13-23)20-30-18-6-8-22-7-4-5-9-26(22)30/h4-5,7,9-17H,2-3,6,8,18-20H2,1H3,(H,29,31). The number of unbranched alkanes of at least 4 members (excludes halogenated alkanes) is 1. The summed E-state index contributed by atoms with van der Waals surface area (Å²) in [6, 6.07) is 23.1. The van der Waals surface area contributed by atoms with E-state index >= 15 is 0 Å². The van der Waals surface area contributed by atoms with Crippen molar-refractivity contribution in [3.63, 3.8) is 0 Å². The molecule has 3 aromatic rings. The fourth-order valence-corrected chi connectivity index (χ4v) is 4.04. The van der Waals surface area contributed by atoms with Gasteiger partial charge in [-0.2, -0.15) is 0 Å². The molecule has 0 saturated carbocycles. The number of nitrogens with one attached hydrogen (secondary N) is 1. The zero-order valence-electron chi connectivity index (χ0n) is 19.0. The summed E-state index contributed by atoms with van der Waals surface area (Å²) < 4.78 is 5.21. The van der Waals surface area contributed by atoms with Gasteiger partial charge in [-0.3, -0.25) is 4.79 Å². The average molecular weight is 443 g/mol. The van der Waals surface area contributed by atoms with E-state index in [1.807, 2.05) is 31.2 Å². The molecule has 4 rings (SSSR count). The fraction of sp³-hybridized carbons (Fsp3) is 0.286. The first-order valence-corrected chi connectivity index (χ1v) is 11.6. The van der Waals surface area contributed by atoms with Crippen LogP contribution >= 0.6 is 0 Å². The number of ether oxygens (including phenoxy) is 1. The van der Waals surface area contributed by atoms with Crippen LogP contribution in [0.1, 0.15) is 58.0 Å². The average Bonchev–Trinajstić information content (AvgIpc) is 2.85. The molecule has 33 heavy (non-hydrogen) atoms. The zero-order valence-corrected chi connectivity index (χ0v) is 19.0. The minimum atomic E-state index is -0.340. The Morgan fingerprint density at radius 3 is 2.42 bits per heavy atom. The number of esters is 1. The van der Waals surface area contributed by atoms with Crippen LogP contribution in [0.4, 0.5) is 11.4 Å². The van der Waals surface area contributed by atoms with Crippen LogP contribution in [0.5, 0.6) is 0 Å². The van der Waals surface area contributed by atoms with Gasteiger partial charge in [0.25, 0.3) is 5.91 Å². The smallest absolute Gasteiger partial charge is 0.338 e. The summed E-state index contributed by atoms with van der Waals surface area (Å²) in [5.74, 6) is -0.517. The number of rotatable bonds is 8. The van der Waals surface area contributed by atoms with Crippen molar-refractivity contribution in [3.8, 4) is 0 Å². The van der Waals surface area contributed by atoms with Crippen LogP contribution < -0.4 is 10.2 Å². The summed E-state index contributed by atoms with van der Waals surface area (Å²) in [7, 11) is 0. The van der Waals surface area contributed by atoms with Crippen molar-refractivity contribution in [2.75, 3.05) is 23.4 Å². The Morgan fingerprint density at radius 2 is 1.67 bits per heavy atom. The summed E-state index contributed by atoms with van der Waals surface area (Å²) in [4.78, 5) is 27.1. The zero-order chi connectivity index (χ0) is 23.0. The Labute approximate surface area is 195 Å². The third kappa shape index (κ3) is 5.80. The third-order valence-electron chi connectivity index (χ3n) is 5.91. The Kier molecular flexibility index (Phi) is 7.40. The van der Waals surface area contributed by atoms with Crippen LogP contribution in [-0.2, 0) is 17.7 Å². The van der Waals surface area contributed by atoms with Crippen LogP contribution in [0.25, 0.3) is 0 Å². The van der Waals surface area contributed by atoms with Crippen molar-refractivity contribution in [3.05, 3.63) is 95.1 Å². The van der Waals surface area contributed by atoms with Gasteiger partial charge in [0.2, 0.25) is 0 Å². The van der Waals surface area contributed by atoms with E-state index in [-0.39, 0.29) is 11.9 Å². The second-order valence-electron chi connectivity index (χ2n) is 8.37. The summed E-state index contributed by atoms with van der Waals surface area (Å²) in [6.45, 7) is 4.34. The minimum Gasteiger partial charge on any atom is -0.462 e. The third-order valence-corrected chi connectivity index (χ3v) is 5.91. The number of hydrogen-bond acceptors (Lipinski definition) is 4. The molecule has 0 radical (unpaired) electrons.